The van der Waals surface area contributed by atoms with Crippen molar-refractivity contribution in [3.63, 3.8) is 0 Å². The van der Waals surface area contributed by atoms with E-state index in [1.807, 2.05) is 54.6 Å². The number of thiophene rings is 1. The number of amides is 2. The highest BCUT2D eigenvalue weighted by Crippen LogP contribution is 2.33. The van der Waals surface area contributed by atoms with Crippen LogP contribution >= 0.6 is 22.9 Å². The zero-order valence-electron chi connectivity index (χ0n) is 17.9. The molecule has 1 aromatic heterocycles. The number of nitrogens with zero attached hydrogens (tertiary/aromatic N) is 1. The molecule has 0 radical (unpaired) electrons. The molecule has 172 valence electrons. The van der Waals surface area contributed by atoms with Crippen LogP contribution in [0.5, 0.6) is 0 Å². The van der Waals surface area contributed by atoms with Crippen LogP contribution in [0.2, 0.25) is 5.02 Å². The average molecular weight is 485 g/mol. The second-order valence-corrected chi connectivity index (χ2v) is 9.59. The van der Waals surface area contributed by atoms with Gasteiger partial charge in [-0.3, -0.25) is 9.59 Å². The van der Waals surface area contributed by atoms with Crippen molar-refractivity contribution in [2.24, 2.45) is 0 Å². The largest absolute Gasteiger partial charge is 0.380 e. The lowest BCUT2D eigenvalue weighted by molar-refractivity contribution is -0.153. The average Bonchev–Trinajstić information content (AvgIpc) is 3.52. The van der Waals surface area contributed by atoms with Crippen LogP contribution in [0.25, 0.3) is 10.4 Å². The lowest BCUT2D eigenvalue weighted by Crippen LogP contribution is -2.50. The molecule has 2 heterocycles. The van der Waals surface area contributed by atoms with Crippen molar-refractivity contribution >= 4 is 34.8 Å². The Morgan fingerprint density at radius 2 is 1.85 bits per heavy atom. The van der Waals surface area contributed by atoms with Gasteiger partial charge in [0.2, 0.25) is 0 Å². The first-order valence-electron chi connectivity index (χ1n) is 10.8. The first-order chi connectivity index (χ1) is 15.9. The Morgan fingerprint density at radius 3 is 2.61 bits per heavy atom. The van der Waals surface area contributed by atoms with Crippen LogP contribution in [0.1, 0.15) is 29.3 Å². The molecule has 2 aromatic carbocycles. The number of aliphatic hydroxyl groups excluding tert-OH is 2. The summed E-state index contributed by atoms with van der Waals surface area (Å²) in [5.74, 6) is -1.45. The molecule has 0 spiro atoms. The molecule has 3 aromatic rings. The highest BCUT2D eigenvalue weighted by Gasteiger charge is 2.38. The van der Waals surface area contributed by atoms with Crippen molar-refractivity contribution < 1.29 is 19.8 Å². The van der Waals surface area contributed by atoms with Gasteiger partial charge in [0.25, 0.3) is 11.8 Å². The fraction of sp³-hybridized carbons (Fsp3) is 0.280. The van der Waals surface area contributed by atoms with Gasteiger partial charge in [0.1, 0.15) is 0 Å². The lowest BCUT2D eigenvalue weighted by Gasteiger charge is -2.28. The van der Waals surface area contributed by atoms with E-state index in [2.05, 4.69) is 5.32 Å². The SMILES string of the molecule is O=C(NCc1ccc(-c2ccccc2)s1)[C@H](O)[C@@H](O)C(=O)N1CCC[C@@H]1c1cccc(Cl)c1. The van der Waals surface area contributed by atoms with Crippen LogP contribution in [-0.4, -0.2) is 45.7 Å². The van der Waals surface area contributed by atoms with Gasteiger partial charge >= 0.3 is 0 Å². The summed E-state index contributed by atoms with van der Waals surface area (Å²) in [4.78, 5) is 28.8. The maximum Gasteiger partial charge on any atom is 0.255 e. The molecule has 1 saturated heterocycles. The molecular formula is C25H25ClN2O4S. The molecule has 0 saturated carbocycles. The fourth-order valence-corrected chi connectivity index (χ4v) is 5.20. The molecule has 4 rings (SSSR count). The molecular weight excluding hydrogens is 460 g/mol. The monoisotopic (exact) mass is 484 g/mol. The number of hydrogen-bond donors (Lipinski definition) is 3. The number of nitrogens with one attached hydrogen (secondary N) is 1. The van der Waals surface area contributed by atoms with E-state index in [1.54, 1.807) is 12.1 Å². The number of benzene rings is 2. The van der Waals surface area contributed by atoms with E-state index in [0.717, 1.165) is 33.7 Å². The van der Waals surface area contributed by atoms with Gasteiger partial charge in [-0.05, 0) is 48.2 Å². The van der Waals surface area contributed by atoms with E-state index in [0.29, 0.717) is 11.6 Å². The smallest absolute Gasteiger partial charge is 0.255 e. The van der Waals surface area contributed by atoms with E-state index in [9.17, 15) is 19.8 Å². The summed E-state index contributed by atoms with van der Waals surface area (Å²) >= 11 is 7.61. The van der Waals surface area contributed by atoms with Gasteiger partial charge in [-0.1, -0.05) is 54.1 Å². The summed E-state index contributed by atoms with van der Waals surface area (Å²) in [5.41, 5.74) is 1.95. The highest BCUT2D eigenvalue weighted by molar-refractivity contribution is 7.15. The van der Waals surface area contributed by atoms with E-state index in [-0.39, 0.29) is 12.6 Å². The summed E-state index contributed by atoms with van der Waals surface area (Å²) in [6.45, 7) is 0.641. The predicted octanol–water partition coefficient (Wildman–Crippen LogP) is 3.77. The number of halogens is 1. The Kier molecular flexibility index (Phi) is 7.45. The summed E-state index contributed by atoms with van der Waals surface area (Å²) in [5, 5.41) is 24.0. The fourth-order valence-electron chi connectivity index (χ4n) is 4.05. The molecule has 1 fully saturated rings. The molecule has 2 amide bonds. The third-order valence-corrected chi connectivity index (χ3v) is 7.12. The maximum absolute atomic E-state index is 12.9. The van der Waals surface area contributed by atoms with Crippen molar-refractivity contribution in [1.82, 2.24) is 10.2 Å². The summed E-state index contributed by atoms with van der Waals surface area (Å²) in [6.07, 6.45) is -2.21. The van der Waals surface area contributed by atoms with Crippen LogP contribution in [0.3, 0.4) is 0 Å². The van der Waals surface area contributed by atoms with Gasteiger partial charge in [0, 0.05) is 21.3 Å². The number of carbonyl (C=O) groups excluding carboxylic acids is 2. The summed E-state index contributed by atoms with van der Waals surface area (Å²) in [6, 6.07) is 20.8. The number of carbonyl (C=O) groups is 2. The Labute approximate surface area is 201 Å². The lowest BCUT2D eigenvalue weighted by atomic mass is 10.0. The van der Waals surface area contributed by atoms with Crippen molar-refractivity contribution in [3.8, 4) is 10.4 Å². The van der Waals surface area contributed by atoms with Crippen LogP contribution in [0.15, 0.2) is 66.7 Å². The highest BCUT2D eigenvalue weighted by atomic mass is 35.5. The maximum atomic E-state index is 12.9. The second-order valence-electron chi connectivity index (χ2n) is 7.98. The Balaban J connectivity index is 1.35. The van der Waals surface area contributed by atoms with E-state index < -0.39 is 24.0 Å². The number of aliphatic hydroxyl groups is 2. The van der Waals surface area contributed by atoms with Gasteiger partial charge in [0.15, 0.2) is 12.2 Å². The van der Waals surface area contributed by atoms with Gasteiger partial charge in [-0.15, -0.1) is 11.3 Å². The third kappa shape index (κ3) is 5.45. The Bertz CT molecular complexity index is 1120. The van der Waals surface area contributed by atoms with E-state index in [1.165, 1.54) is 16.2 Å². The number of rotatable bonds is 7. The van der Waals surface area contributed by atoms with Gasteiger partial charge in [-0.2, -0.15) is 0 Å². The molecule has 33 heavy (non-hydrogen) atoms. The quantitative estimate of drug-likeness (QED) is 0.476. The minimum atomic E-state index is -1.85. The molecule has 1 aliphatic rings. The van der Waals surface area contributed by atoms with Crippen LogP contribution in [0.4, 0.5) is 0 Å². The Hall–Kier alpha value is -2.71. The van der Waals surface area contributed by atoms with Crippen LogP contribution < -0.4 is 5.32 Å². The number of likely N-dealkylation sites (tertiary alicyclic amines) is 1. The Morgan fingerprint density at radius 1 is 1.06 bits per heavy atom. The van der Waals surface area contributed by atoms with Crippen LogP contribution in [-0.2, 0) is 16.1 Å². The predicted molar refractivity (Wildman–Crippen MR) is 129 cm³/mol. The first kappa shape index (κ1) is 23.4. The molecule has 0 bridgehead atoms. The topological polar surface area (TPSA) is 89.9 Å². The summed E-state index contributed by atoms with van der Waals surface area (Å²) < 4.78 is 0. The molecule has 3 N–H and O–H groups in total. The third-order valence-electron chi connectivity index (χ3n) is 5.75. The summed E-state index contributed by atoms with van der Waals surface area (Å²) in [7, 11) is 0. The molecule has 8 heteroatoms. The van der Waals surface area contributed by atoms with E-state index >= 15 is 0 Å². The normalized spacial score (nSPS) is 17.5. The van der Waals surface area contributed by atoms with Crippen molar-refractivity contribution in [1.29, 1.82) is 0 Å². The zero-order valence-corrected chi connectivity index (χ0v) is 19.4. The van der Waals surface area contributed by atoms with Gasteiger partial charge in [0.05, 0.1) is 12.6 Å². The zero-order chi connectivity index (χ0) is 23.4. The minimum Gasteiger partial charge on any atom is -0.380 e. The number of hydrogen-bond acceptors (Lipinski definition) is 5. The second kappa shape index (κ2) is 10.5. The van der Waals surface area contributed by atoms with Crippen molar-refractivity contribution in [2.45, 2.75) is 37.6 Å². The van der Waals surface area contributed by atoms with Crippen molar-refractivity contribution in [2.75, 3.05) is 6.54 Å². The standard InChI is InChI=1S/C25H25ClN2O4S/c26-18-9-4-8-17(14-18)20-10-5-13-28(20)25(32)23(30)22(29)24(31)27-15-19-11-12-21(33-19)16-6-2-1-3-7-16/h1-4,6-9,11-12,14,20,22-23,29-30H,5,10,13,15H2,(H,27,31)/t20-,22-,23-/m1/s1. The van der Waals surface area contributed by atoms with Gasteiger partial charge in [-0.25, -0.2) is 0 Å². The van der Waals surface area contributed by atoms with Crippen molar-refractivity contribution in [3.05, 3.63) is 82.2 Å². The van der Waals surface area contributed by atoms with Crippen LogP contribution in [0, 0.1) is 0 Å². The molecule has 0 unspecified atom stereocenters. The first-order valence-corrected chi connectivity index (χ1v) is 12.0. The molecule has 3 atom stereocenters. The van der Waals surface area contributed by atoms with Gasteiger partial charge < -0.3 is 20.4 Å². The van der Waals surface area contributed by atoms with E-state index in [4.69, 9.17) is 11.6 Å². The molecule has 0 aliphatic carbocycles. The minimum absolute atomic E-state index is 0.198. The molecule has 1 aliphatic heterocycles. The molecule has 6 nitrogen and oxygen atoms in total.